The van der Waals surface area contributed by atoms with Crippen molar-refractivity contribution < 1.29 is 46.1 Å². The highest BCUT2D eigenvalue weighted by atomic mass is 32.2. The molecule has 1 aliphatic heterocycles. The van der Waals surface area contributed by atoms with Crippen molar-refractivity contribution in [3.8, 4) is 0 Å². The number of hydrogen-bond donors (Lipinski definition) is 2. The molecule has 4 aromatic rings. The summed E-state index contributed by atoms with van der Waals surface area (Å²) in [6.45, 7) is 1.84. The molecule has 2 heterocycles. The van der Waals surface area contributed by atoms with Gasteiger partial charge in [-0.1, -0.05) is 55.1 Å². The number of ether oxygens (including phenoxy) is 2. The predicted octanol–water partition coefficient (Wildman–Crippen LogP) is 6.34. The minimum Gasteiger partial charge on any atom is -0.618 e. The summed E-state index contributed by atoms with van der Waals surface area (Å²) in [5, 5.41) is 24.2. The Bertz CT molecular complexity index is 1630. The number of benzene rings is 3. The van der Waals surface area contributed by atoms with Gasteiger partial charge >= 0.3 is 0 Å². The van der Waals surface area contributed by atoms with Crippen LogP contribution < -0.4 is 10.0 Å². The first-order chi connectivity index (χ1) is 21.1. The van der Waals surface area contributed by atoms with Crippen molar-refractivity contribution in [1.82, 2.24) is 0 Å². The van der Waals surface area contributed by atoms with Crippen molar-refractivity contribution in [1.29, 1.82) is 0 Å². The number of hydrogen-bond acceptors (Lipinski definition) is 6. The van der Waals surface area contributed by atoms with Crippen molar-refractivity contribution in [3.05, 3.63) is 129 Å². The number of aromatic nitrogens is 1. The molecule has 1 saturated heterocycles. The maximum absolute atomic E-state index is 14.1. The van der Waals surface area contributed by atoms with Gasteiger partial charge in [0.1, 0.15) is 5.56 Å². The van der Waals surface area contributed by atoms with Crippen molar-refractivity contribution in [2.75, 3.05) is 11.1 Å². The van der Waals surface area contributed by atoms with Gasteiger partial charge in [-0.2, -0.15) is 4.73 Å². The number of thioether (sulfide) groups is 1. The highest BCUT2D eigenvalue weighted by Gasteiger charge is 2.39. The number of nitrogens with zero attached hydrogens (tertiary/aromatic N) is 1. The normalized spacial score (nSPS) is 20.0. The van der Waals surface area contributed by atoms with E-state index in [9.17, 15) is 37.1 Å². The van der Waals surface area contributed by atoms with Crippen LogP contribution in [0, 0.1) is 40.2 Å². The number of pyridine rings is 1. The maximum atomic E-state index is 14.1. The number of amides is 1. The second kappa shape index (κ2) is 13.3. The van der Waals surface area contributed by atoms with Gasteiger partial charge in [-0.15, -0.1) is 0 Å². The Kier molecular flexibility index (Phi) is 9.49. The van der Waals surface area contributed by atoms with Gasteiger partial charge in [0.2, 0.25) is 5.82 Å². The van der Waals surface area contributed by atoms with E-state index in [2.05, 4.69) is 5.32 Å². The second-order valence-electron chi connectivity index (χ2n) is 10.0. The molecule has 0 radical (unpaired) electrons. The first-order valence-electron chi connectivity index (χ1n) is 13.3. The van der Waals surface area contributed by atoms with E-state index in [-0.39, 0.29) is 18.2 Å². The molecule has 0 spiro atoms. The Morgan fingerprint density at radius 3 is 2.11 bits per heavy atom. The Hall–Kier alpha value is -4.04. The average molecular weight is 633 g/mol. The van der Waals surface area contributed by atoms with Crippen LogP contribution in [0.4, 0.5) is 27.6 Å². The van der Waals surface area contributed by atoms with Crippen molar-refractivity contribution >= 4 is 23.4 Å². The van der Waals surface area contributed by atoms with Crippen LogP contribution in [0.15, 0.2) is 78.0 Å². The average Bonchev–Trinajstić information content (AvgIpc) is 3.03. The molecule has 5 rings (SSSR count). The molecule has 0 saturated carbocycles. The molecule has 7 nitrogen and oxygen atoms in total. The molecule has 0 unspecified atom stereocenters. The summed E-state index contributed by atoms with van der Waals surface area (Å²) in [7, 11) is 0. The predicted molar refractivity (Wildman–Crippen MR) is 150 cm³/mol. The number of nitrogens with one attached hydrogen (secondary N) is 1. The van der Waals surface area contributed by atoms with Gasteiger partial charge in [-0.05, 0) is 29.3 Å². The van der Waals surface area contributed by atoms with Crippen LogP contribution in [-0.4, -0.2) is 22.9 Å². The summed E-state index contributed by atoms with van der Waals surface area (Å²) in [6.07, 6.45) is -0.350. The fourth-order valence-corrected chi connectivity index (χ4v) is 5.80. The molecule has 1 fully saturated rings. The van der Waals surface area contributed by atoms with Gasteiger partial charge < -0.3 is 25.1 Å². The van der Waals surface area contributed by atoms with Crippen LogP contribution in [-0.2, 0) is 16.1 Å². The maximum Gasteiger partial charge on any atom is 0.261 e. The van der Waals surface area contributed by atoms with Crippen LogP contribution in [0.25, 0.3) is 0 Å². The molecule has 1 aromatic heterocycles. The van der Waals surface area contributed by atoms with Crippen LogP contribution in [0.3, 0.4) is 0 Å². The molecule has 4 atom stereocenters. The highest BCUT2D eigenvalue weighted by molar-refractivity contribution is 7.99. The van der Waals surface area contributed by atoms with Crippen LogP contribution >= 0.6 is 11.8 Å². The van der Waals surface area contributed by atoms with Crippen molar-refractivity contribution in [2.24, 2.45) is 5.92 Å². The standard InChI is InChI=1S/C31H25F5N2O5S/c1-16-21(15-44-22-4-2-3-13-38(22)41)42-31(43-29(16)18-7-5-17(14-39)6-8-18)19-9-11-20(12-10-19)37-30(40)23-24(32)26(34)28(36)27(35)25(23)33/h2-13,16,21,29,31,39H,14-15H2,1H3,(H,37,40)/t16-,21+,29+,31+/m1/s1. The van der Waals surface area contributed by atoms with Gasteiger partial charge in [0.05, 0.1) is 18.8 Å². The zero-order chi connectivity index (χ0) is 31.5. The van der Waals surface area contributed by atoms with Crippen molar-refractivity contribution in [2.45, 2.75) is 37.1 Å². The molecule has 0 bridgehead atoms. The van der Waals surface area contributed by atoms with E-state index < -0.39 is 59.1 Å². The number of halogens is 5. The number of aliphatic hydroxyl groups excluding tert-OH is 1. The third kappa shape index (κ3) is 6.41. The van der Waals surface area contributed by atoms with Gasteiger partial charge in [0.25, 0.3) is 10.9 Å². The molecule has 1 amide bonds. The van der Waals surface area contributed by atoms with E-state index in [1.807, 2.05) is 19.1 Å². The summed E-state index contributed by atoms with van der Waals surface area (Å²) >= 11 is 1.32. The highest BCUT2D eigenvalue weighted by Crippen LogP contribution is 2.43. The van der Waals surface area contributed by atoms with Crippen LogP contribution in [0.2, 0.25) is 0 Å². The molecular formula is C31H25F5N2O5S. The number of anilines is 1. The molecule has 0 aliphatic carbocycles. The zero-order valence-electron chi connectivity index (χ0n) is 23.0. The quantitative estimate of drug-likeness (QED) is 0.0588. The lowest BCUT2D eigenvalue weighted by molar-refractivity contribution is -0.645. The Morgan fingerprint density at radius 2 is 1.50 bits per heavy atom. The largest absolute Gasteiger partial charge is 0.618 e. The minimum atomic E-state index is -2.36. The topological polar surface area (TPSA) is 94.7 Å². The molecule has 2 N–H and O–H groups in total. The third-order valence-electron chi connectivity index (χ3n) is 7.19. The van der Waals surface area contributed by atoms with Gasteiger partial charge in [0, 0.05) is 35.1 Å². The monoisotopic (exact) mass is 632 g/mol. The SMILES string of the molecule is C[C@@H]1[C@H](CSc2cccc[n+]2[O-])O[C@H](c2ccc(NC(=O)c3c(F)c(F)c(F)c(F)c3F)cc2)O[C@@H]1c1ccc(CO)cc1. The zero-order valence-corrected chi connectivity index (χ0v) is 23.8. The molecule has 13 heteroatoms. The van der Waals surface area contributed by atoms with Gasteiger partial charge in [-0.3, -0.25) is 4.79 Å². The van der Waals surface area contributed by atoms with E-state index in [1.165, 1.54) is 42.2 Å². The number of rotatable bonds is 8. The Morgan fingerprint density at radius 1 is 0.886 bits per heavy atom. The molecule has 1 aliphatic rings. The van der Waals surface area contributed by atoms with Crippen molar-refractivity contribution in [3.63, 3.8) is 0 Å². The summed E-state index contributed by atoms with van der Waals surface area (Å²) in [6, 6.07) is 18.1. The summed E-state index contributed by atoms with van der Waals surface area (Å²) in [4.78, 5) is 12.5. The van der Waals surface area contributed by atoms with E-state index in [4.69, 9.17) is 9.47 Å². The lowest BCUT2D eigenvalue weighted by Crippen LogP contribution is -2.39. The number of aliphatic hydroxyl groups is 1. The van der Waals surface area contributed by atoms with E-state index in [0.717, 1.165) is 15.9 Å². The number of carbonyl (C=O) groups excluding carboxylic acids is 1. The third-order valence-corrected chi connectivity index (χ3v) is 8.29. The lowest BCUT2D eigenvalue weighted by atomic mass is 9.91. The fraction of sp³-hybridized carbons (Fsp3) is 0.226. The second-order valence-corrected chi connectivity index (χ2v) is 11.1. The molecule has 44 heavy (non-hydrogen) atoms. The fourth-order valence-electron chi connectivity index (χ4n) is 4.72. The van der Waals surface area contributed by atoms with E-state index >= 15 is 0 Å². The van der Waals surface area contributed by atoms with Crippen LogP contribution in [0.5, 0.6) is 0 Å². The van der Waals surface area contributed by atoms with E-state index in [1.54, 1.807) is 30.3 Å². The lowest BCUT2D eigenvalue weighted by Gasteiger charge is -2.41. The van der Waals surface area contributed by atoms with Gasteiger partial charge in [0.15, 0.2) is 35.8 Å². The Labute approximate surface area is 252 Å². The molecular weight excluding hydrogens is 607 g/mol. The minimum absolute atomic E-state index is 0.0131. The number of carbonyl (C=O) groups is 1. The molecule has 230 valence electrons. The Balaban J connectivity index is 1.37. The molecule has 3 aromatic carbocycles. The first-order valence-corrected chi connectivity index (χ1v) is 14.3. The van der Waals surface area contributed by atoms with Crippen LogP contribution in [0.1, 0.15) is 46.4 Å². The first kappa shape index (κ1) is 31.4. The van der Waals surface area contributed by atoms with Gasteiger partial charge in [-0.25, -0.2) is 22.0 Å². The summed E-state index contributed by atoms with van der Waals surface area (Å²) < 4.78 is 82.1. The van der Waals surface area contributed by atoms with E-state index in [0.29, 0.717) is 16.3 Å². The summed E-state index contributed by atoms with van der Waals surface area (Å²) in [5.74, 6) is -12.6. The smallest absolute Gasteiger partial charge is 0.261 e. The summed E-state index contributed by atoms with van der Waals surface area (Å²) in [5.41, 5.74) is 0.482.